The zero-order chi connectivity index (χ0) is 16.3. The van der Waals surface area contributed by atoms with E-state index in [2.05, 4.69) is 20.6 Å². The molecular formula is C18H25IN4O. The molecule has 0 amide bonds. The van der Waals surface area contributed by atoms with Crippen LogP contribution in [0.2, 0.25) is 0 Å². The first-order valence-electron chi connectivity index (χ1n) is 7.90. The van der Waals surface area contributed by atoms with Gasteiger partial charge < -0.3 is 15.4 Å². The molecule has 0 aliphatic rings. The van der Waals surface area contributed by atoms with Crippen LogP contribution in [0.5, 0.6) is 5.75 Å². The Bertz CT molecular complexity index is 619. The minimum absolute atomic E-state index is 0. The fourth-order valence-corrected chi connectivity index (χ4v) is 2.03. The first kappa shape index (κ1) is 20.2. The molecule has 1 heterocycles. The number of ether oxygens (including phenoxy) is 1. The molecule has 6 heteroatoms. The van der Waals surface area contributed by atoms with Crippen LogP contribution in [0.4, 0.5) is 0 Å². The summed E-state index contributed by atoms with van der Waals surface area (Å²) in [5.41, 5.74) is 2.14. The van der Waals surface area contributed by atoms with Crippen LogP contribution in [-0.2, 0) is 6.54 Å². The normalized spacial score (nSPS) is 10.7. The number of rotatable bonds is 7. The smallest absolute Gasteiger partial charge is 0.191 e. The number of hydrogen-bond donors (Lipinski definition) is 2. The molecule has 2 aromatic rings. The molecule has 0 unspecified atom stereocenters. The van der Waals surface area contributed by atoms with Crippen molar-refractivity contribution in [3.8, 4) is 5.75 Å². The number of aliphatic imine (C=N–C) groups is 1. The number of halogens is 1. The first-order valence-corrected chi connectivity index (χ1v) is 7.90. The highest BCUT2D eigenvalue weighted by Crippen LogP contribution is 2.07. The van der Waals surface area contributed by atoms with Crippen LogP contribution in [0.15, 0.2) is 53.7 Å². The van der Waals surface area contributed by atoms with E-state index in [0.29, 0.717) is 19.7 Å². The topological polar surface area (TPSA) is 58.5 Å². The van der Waals surface area contributed by atoms with Crippen molar-refractivity contribution < 1.29 is 4.74 Å². The summed E-state index contributed by atoms with van der Waals surface area (Å²) >= 11 is 0. The Morgan fingerprint density at radius 3 is 2.62 bits per heavy atom. The van der Waals surface area contributed by atoms with E-state index in [4.69, 9.17) is 4.74 Å². The fourth-order valence-electron chi connectivity index (χ4n) is 2.03. The van der Waals surface area contributed by atoms with E-state index in [9.17, 15) is 0 Å². The number of aryl methyl sites for hydroxylation is 1. The molecule has 0 atom stereocenters. The molecule has 0 bridgehead atoms. The van der Waals surface area contributed by atoms with Gasteiger partial charge in [0, 0.05) is 12.7 Å². The van der Waals surface area contributed by atoms with E-state index < -0.39 is 0 Å². The summed E-state index contributed by atoms with van der Waals surface area (Å²) in [7, 11) is 0. The van der Waals surface area contributed by atoms with E-state index in [1.807, 2.05) is 56.3 Å². The maximum absolute atomic E-state index is 5.66. The summed E-state index contributed by atoms with van der Waals surface area (Å²) < 4.78 is 5.66. The first-order chi connectivity index (χ1) is 11.3. The van der Waals surface area contributed by atoms with Crippen molar-refractivity contribution in [2.24, 2.45) is 4.99 Å². The number of pyridine rings is 1. The minimum atomic E-state index is 0. The van der Waals surface area contributed by atoms with Crippen molar-refractivity contribution in [1.82, 2.24) is 15.6 Å². The van der Waals surface area contributed by atoms with Gasteiger partial charge in [0.1, 0.15) is 12.4 Å². The SMILES string of the molecule is CCNC(=NCc1ncccc1C)NCCOc1ccccc1.I. The van der Waals surface area contributed by atoms with Gasteiger partial charge in [0.05, 0.1) is 18.8 Å². The molecule has 0 saturated heterocycles. The third-order valence-corrected chi connectivity index (χ3v) is 3.26. The van der Waals surface area contributed by atoms with E-state index in [0.717, 1.165) is 29.5 Å². The molecule has 2 N–H and O–H groups in total. The third-order valence-electron chi connectivity index (χ3n) is 3.26. The zero-order valence-electron chi connectivity index (χ0n) is 14.2. The van der Waals surface area contributed by atoms with Gasteiger partial charge in [-0.3, -0.25) is 4.98 Å². The van der Waals surface area contributed by atoms with Crippen LogP contribution in [0.3, 0.4) is 0 Å². The van der Waals surface area contributed by atoms with Gasteiger partial charge in [-0.1, -0.05) is 24.3 Å². The van der Waals surface area contributed by atoms with Crippen LogP contribution in [0.1, 0.15) is 18.2 Å². The molecule has 1 aromatic carbocycles. The molecule has 0 fully saturated rings. The number of hydrogen-bond acceptors (Lipinski definition) is 3. The van der Waals surface area contributed by atoms with Gasteiger partial charge in [-0.25, -0.2) is 4.99 Å². The van der Waals surface area contributed by atoms with Crippen LogP contribution in [0, 0.1) is 6.92 Å². The molecule has 130 valence electrons. The van der Waals surface area contributed by atoms with E-state index >= 15 is 0 Å². The van der Waals surface area contributed by atoms with Gasteiger partial charge >= 0.3 is 0 Å². The lowest BCUT2D eigenvalue weighted by molar-refractivity contribution is 0.322. The van der Waals surface area contributed by atoms with Crippen LogP contribution < -0.4 is 15.4 Å². The Hall–Kier alpha value is -1.83. The molecule has 0 radical (unpaired) electrons. The molecule has 24 heavy (non-hydrogen) atoms. The summed E-state index contributed by atoms with van der Waals surface area (Å²) in [6.07, 6.45) is 1.80. The van der Waals surface area contributed by atoms with Gasteiger partial charge in [-0.15, -0.1) is 24.0 Å². The van der Waals surface area contributed by atoms with E-state index in [1.165, 1.54) is 0 Å². The molecule has 2 rings (SSSR count). The quantitative estimate of drug-likeness (QED) is 0.301. The number of guanidine groups is 1. The Morgan fingerprint density at radius 1 is 1.12 bits per heavy atom. The summed E-state index contributed by atoms with van der Waals surface area (Å²) in [4.78, 5) is 8.92. The Labute approximate surface area is 161 Å². The van der Waals surface area contributed by atoms with Crippen molar-refractivity contribution in [3.05, 3.63) is 59.9 Å². The Balaban J connectivity index is 0.00000288. The lowest BCUT2D eigenvalue weighted by Crippen LogP contribution is -2.39. The predicted octanol–water partition coefficient (Wildman–Crippen LogP) is 3.14. The average molecular weight is 440 g/mol. The Kier molecular flexibility index (Phi) is 9.83. The van der Waals surface area contributed by atoms with Gasteiger partial charge in [0.25, 0.3) is 0 Å². The number of para-hydroxylation sites is 1. The van der Waals surface area contributed by atoms with Gasteiger partial charge in [0.2, 0.25) is 0 Å². The second-order valence-corrected chi connectivity index (χ2v) is 5.05. The Morgan fingerprint density at radius 2 is 1.92 bits per heavy atom. The van der Waals surface area contributed by atoms with Crippen LogP contribution in [-0.4, -0.2) is 30.6 Å². The van der Waals surface area contributed by atoms with Gasteiger partial charge in [0.15, 0.2) is 5.96 Å². The second-order valence-electron chi connectivity index (χ2n) is 5.05. The van der Waals surface area contributed by atoms with Crippen LogP contribution >= 0.6 is 24.0 Å². The monoisotopic (exact) mass is 440 g/mol. The predicted molar refractivity (Wildman–Crippen MR) is 109 cm³/mol. The van der Waals surface area contributed by atoms with Crippen molar-refractivity contribution in [3.63, 3.8) is 0 Å². The lowest BCUT2D eigenvalue weighted by atomic mass is 10.2. The van der Waals surface area contributed by atoms with Crippen molar-refractivity contribution in [2.45, 2.75) is 20.4 Å². The maximum Gasteiger partial charge on any atom is 0.191 e. The number of nitrogens with one attached hydrogen (secondary N) is 2. The van der Waals surface area contributed by atoms with E-state index in [1.54, 1.807) is 6.20 Å². The highest BCUT2D eigenvalue weighted by Gasteiger charge is 2.00. The zero-order valence-corrected chi connectivity index (χ0v) is 16.5. The molecule has 0 aliphatic carbocycles. The van der Waals surface area contributed by atoms with Crippen molar-refractivity contribution in [1.29, 1.82) is 0 Å². The summed E-state index contributed by atoms with van der Waals surface area (Å²) in [6, 6.07) is 13.8. The summed E-state index contributed by atoms with van der Waals surface area (Å²) in [6.45, 7) is 6.72. The summed E-state index contributed by atoms with van der Waals surface area (Å²) in [5.74, 6) is 1.65. The molecule has 0 saturated carbocycles. The standard InChI is InChI=1S/C18H24N4O.HI/c1-3-19-18(22-14-17-15(2)8-7-11-20-17)21-12-13-23-16-9-5-4-6-10-16;/h4-11H,3,12-14H2,1-2H3,(H2,19,21,22);1H. The van der Waals surface area contributed by atoms with Crippen LogP contribution in [0.25, 0.3) is 0 Å². The number of aromatic nitrogens is 1. The highest BCUT2D eigenvalue weighted by molar-refractivity contribution is 14.0. The van der Waals surface area contributed by atoms with Crippen molar-refractivity contribution >= 4 is 29.9 Å². The van der Waals surface area contributed by atoms with Gasteiger partial charge in [-0.2, -0.15) is 0 Å². The fraction of sp³-hybridized carbons (Fsp3) is 0.333. The largest absolute Gasteiger partial charge is 0.492 e. The highest BCUT2D eigenvalue weighted by atomic mass is 127. The molecule has 1 aromatic heterocycles. The lowest BCUT2D eigenvalue weighted by Gasteiger charge is -2.12. The third kappa shape index (κ3) is 7.16. The van der Waals surface area contributed by atoms with Crippen molar-refractivity contribution in [2.75, 3.05) is 19.7 Å². The number of nitrogens with zero attached hydrogens (tertiary/aromatic N) is 2. The minimum Gasteiger partial charge on any atom is -0.492 e. The summed E-state index contributed by atoms with van der Waals surface area (Å²) in [5, 5.41) is 6.49. The molecule has 5 nitrogen and oxygen atoms in total. The number of benzene rings is 1. The maximum atomic E-state index is 5.66. The van der Waals surface area contributed by atoms with E-state index in [-0.39, 0.29) is 24.0 Å². The molecular weight excluding hydrogens is 415 g/mol. The van der Waals surface area contributed by atoms with Gasteiger partial charge in [-0.05, 0) is 37.6 Å². The average Bonchev–Trinajstić information content (AvgIpc) is 2.58. The molecule has 0 spiro atoms. The second kappa shape index (κ2) is 11.7. The molecule has 0 aliphatic heterocycles.